The van der Waals surface area contributed by atoms with Crippen molar-refractivity contribution >= 4 is 41.7 Å². The Kier molecular flexibility index (Phi) is 12.2. The van der Waals surface area contributed by atoms with Gasteiger partial charge in [0.05, 0.1) is 13.2 Å². The first-order valence-corrected chi connectivity index (χ1v) is 10.8. The highest BCUT2D eigenvalue weighted by atomic mass is 127. The van der Waals surface area contributed by atoms with E-state index in [1.54, 1.807) is 7.05 Å². The molecule has 160 valence electrons. The number of hydrogen-bond donors (Lipinski definition) is 2. The van der Waals surface area contributed by atoms with Gasteiger partial charge in [-0.3, -0.25) is 9.89 Å². The number of halogens is 1. The van der Waals surface area contributed by atoms with E-state index in [0.717, 1.165) is 56.7 Å². The number of morpholine rings is 1. The van der Waals surface area contributed by atoms with Crippen molar-refractivity contribution in [3.8, 4) is 5.75 Å². The molecule has 0 spiro atoms. The van der Waals surface area contributed by atoms with Crippen LogP contribution in [0.1, 0.15) is 19.4 Å². The van der Waals surface area contributed by atoms with Gasteiger partial charge in [-0.15, -0.1) is 24.0 Å². The third-order valence-corrected chi connectivity index (χ3v) is 5.89. The third kappa shape index (κ3) is 9.19. The molecule has 0 atom stereocenters. The molecule has 2 rings (SSSR count). The van der Waals surface area contributed by atoms with Crippen LogP contribution < -0.4 is 15.4 Å². The summed E-state index contributed by atoms with van der Waals surface area (Å²) in [5, 5.41) is 6.78. The Morgan fingerprint density at radius 3 is 2.64 bits per heavy atom. The maximum atomic E-state index is 6.05. The number of nitrogens with one attached hydrogen (secondary N) is 2. The molecule has 28 heavy (non-hydrogen) atoms. The van der Waals surface area contributed by atoms with E-state index in [1.807, 2.05) is 30.0 Å². The minimum atomic E-state index is 0. The molecule has 0 aromatic heterocycles. The molecule has 1 heterocycles. The lowest BCUT2D eigenvalue weighted by Crippen LogP contribution is -2.43. The van der Waals surface area contributed by atoms with Crippen molar-refractivity contribution in [2.24, 2.45) is 4.99 Å². The van der Waals surface area contributed by atoms with Gasteiger partial charge in [-0.25, -0.2) is 0 Å². The largest absolute Gasteiger partial charge is 0.492 e. The highest BCUT2D eigenvalue weighted by Crippen LogP contribution is 2.20. The average molecular weight is 522 g/mol. The van der Waals surface area contributed by atoms with Gasteiger partial charge in [0, 0.05) is 50.1 Å². The molecule has 6 nitrogen and oxygen atoms in total. The van der Waals surface area contributed by atoms with Crippen molar-refractivity contribution in [3.63, 3.8) is 0 Å². The van der Waals surface area contributed by atoms with E-state index in [-0.39, 0.29) is 28.7 Å². The Labute approximate surface area is 191 Å². The fraction of sp³-hybridized carbons (Fsp3) is 0.650. The molecule has 1 aliphatic rings. The zero-order valence-corrected chi connectivity index (χ0v) is 20.6. The number of hydrogen-bond acceptors (Lipinski definition) is 5. The molecule has 1 saturated heterocycles. The van der Waals surface area contributed by atoms with Gasteiger partial charge in [0.1, 0.15) is 12.4 Å². The van der Waals surface area contributed by atoms with E-state index in [0.29, 0.717) is 13.2 Å². The summed E-state index contributed by atoms with van der Waals surface area (Å²) < 4.78 is 11.6. The minimum absolute atomic E-state index is 0. The van der Waals surface area contributed by atoms with Gasteiger partial charge in [-0.1, -0.05) is 18.2 Å². The van der Waals surface area contributed by atoms with Gasteiger partial charge < -0.3 is 20.1 Å². The van der Waals surface area contributed by atoms with E-state index < -0.39 is 0 Å². The van der Waals surface area contributed by atoms with Crippen molar-refractivity contribution in [2.75, 3.05) is 59.3 Å². The summed E-state index contributed by atoms with van der Waals surface area (Å²) in [6.07, 6.45) is 2.13. The maximum absolute atomic E-state index is 6.05. The molecule has 0 unspecified atom stereocenters. The first-order chi connectivity index (χ1) is 13.0. The van der Waals surface area contributed by atoms with Gasteiger partial charge in [0.25, 0.3) is 0 Å². The quantitative estimate of drug-likeness (QED) is 0.296. The predicted molar refractivity (Wildman–Crippen MR) is 130 cm³/mol. The van der Waals surface area contributed by atoms with E-state index in [9.17, 15) is 0 Å². The Morgan fingerprint density at radius 2 is 1.96 bits per heavy atom. The second-order valence-corrected chi connectivity index (χ2v) is 8.67. The number of thioether (sulfide) groups is 1. The second kappa shape index (κ2) is 13.5. The van der Waals surface area contributed by atoms with Gasteiger partial charge in [0.15, 0.2) is 5.96 Å². The minimum Gasteiger partial charge on any atom is -0.492 e. The molecule has 0 radical (unpaired) electrons. The lowest BCUT2D eigenvalue weighted by Gasteiger charge is -2.26. The van der Waals surface area contributed by atoms with Crippen LogP contribution >= 0.6 is 35.7 Å². The average Bonchev–Trinajstić information content (AvgIpc) is 2.70. The maximum Gasteiger partial charge on any atom is 0.191 e. The molecule has 1 aromatic carbocycles. The lowest BCUT2D eigenvalue weighted by atomic mass is 10.2. The molecule has 0 bridgehead atoms. The summed E-state index contributed by atoms with van der Waals surface area (Å²) in [6, 6.07) is 8.18. The summed E-state index contributed by atoms with van der Waals surface area (Å²) in [6.45, 7) is 11.2. The molecule has 2 N–H and O–H groups in total. The highest BCUT2D eigenvalue weighted by Gasteiger charge is 2.16. The Hall–Kier alpha value is -0.710. The van der Waals surface area contributed by atoms with E-state index in [1.165, 1.54) is 0 Å². The van der Waals surface area contributed by atoms with Crippen LogP contribution in [0.5, 0.6) is 5.75 Å². The molecular weight excluding hydrogens is 487 g/mol. The Balaban J connectivity index is 0.00000392. The van der Waals surface area contributed by atoms with Crippen molar-refractivity contribution in [3.05, 3.63) is 29.8 Å². The molecule has 8 heteroatoms. The van der Waals surface area contributed by atoms with E-state index in [2.05, 4.69) is 46.7 Å². The van der Waals surface area contributed by atoms with Crippen LogP contribution in [0.15, 0.2) is 29.3 Å². The van der Waals surface area contributed by atoms with E-state index >= 15 is 0 Å². The normalized spacial score (nSPS) is 15.6. The van der Waals surface area contributed by atoms with Gasteiger partial charge in [-0.05, 0) is 26.2 Å². The first kappa shape index (κ1) is 25.3. The number of nitrogens with zero attached hydrogens (tertiary/aromatic N) is 2. The predicted octanol–water partition coefficient (Wildman–Crippen LogP) is 2.82. The topological polar surface area (TPSA) is 58.1 Å². The standard InChI is InChI=1S/C20H34N4O2S.HI/c1-20(2,27-4)16-23-19(21-3)22-15-17-7-5-6-8-18(17)26-14-11-24-9-12-25-13-10-24;/h5-8H,9-16H2,1-4H3,(H2,21,22,23);1H. The number of rotatable bonds is 9. The SMILES string of the molecule is CN=C(NCc1ccccc1OCCN1CCOCC1)NCC(C)(C)SC.I. The number of guanidine groups is 1. The summed E-state index contributed by atoms with van der Waals surface area (Å²) in [7, 11) is 1.80. The number of para-hydroxylation sites is 1. The Morgan fingerprint density at radius 1 is 1.25 bits per heavy atom. The highest BCUT2D eigenvalue weighted by molar-refractivity contribution is 14.0. The van der Waals surface area contributed by atoms with Crippen LogP contribution in [0.25, 0.3) is 0 Å². The van der Waals surface area contributed by atoms with Crippen LogP contribution in [0, 0.1) is 0 Å². The fourth-order valence-electron chi connectivity index (χ4n) is 2.67. The molecule has 1 fully saturated rings. The molecule has 0 aliphatic carbocycles. The number of ether oxygens (including phenoxy) is 2. The number of aliphatic imine (C=N–C) groups is 1. The molecule has 1 aliphatic heterocycles. The first-order valence-electron chi connectivity index (χ1n) is 9.54. The monoisotopic (exact) mass is 522 g/mol. The van der Waals surface area contributed by atoms with Crippen molar-refractivity contribution < 1.29 is 9.47 Å². The molecular formula is C20H35IN4O2S. The molecule has 1 aromatic rings. The summed E-state index contributed by atoms with van der Waals surface area (Å²) in [5.41, 5.74) is 1.13. The van der Waals surface area contributed by atoms with Gasteiger partial charge >= 0.3 is 0 Å². The summed E-state index contributed by atoms with van der Waals surface area (Å²) >= 11 is 1.84. The lowest BCUT2D eigenvalue weighted by molar-refractivity contribution is 0.0322. The van der Waals surface area contributed by atoms with Crippen molar-refractivity contribution in [2.45, 2.75) is 25.1 Å². The smallest absolute Gasteiger partial charge is 0.191 e. The van der Waals surface area contributed by atoms with Crippen molar-refractivity contribution in [1.82, 2.24) is 15.5 Å². The van der Waals surface area contributed by atoms with Crippen LogP contribution in [0.2, 0.25) is 0 Å². The van der Waals surface area contributed by atoms with Gasteiger partial charge in [0.2, 0.25) is 0 Å². The van der Waals surface area contributed by atoms with Crippen LogP contribution in [0.4, 0.5) is 0 Å². The van der Waals surface area contributed by atoms with Crippen LogP contribution in [-0.2, 0) is 11.3 Å². The third-order valence-electron chi connectivity index (χ3n) is 4.65. The van der Waals surface area contributed by atoms with Crippen molar-refractivity contribution in [1.29, 1.82) is 0 Å². The number of benzene rings is 1. The zero-order valence-electron chi connectivity index (χ0n) is 17.5. The van der Waals surface area contributed by atoms with Gasteiger partial charge in [-0.2, -0.15) is 11.8 Å². The zero-order chi connectivity index (χ0) is 19.5. The van der Waals surface area contributed by atoms with E-state index in [4.69, 9.17) is 9.47 Å². The molecule has 0 saturated carbocycles. The second-order valence-electron chi connectivity index (χ2n) is 7.15. The summed E-state index contributed by atoms with van der Waals surface area (Å²) in [5.74, 6) is 1.73. The molecule has 0 amide bonds. The fourth-order valence-corrected chi connectivity index (χ4v) is 2.88. The van der Waals surface area contributed by atoms with Crippen LogP contribution in [-0.4, -0.2) is 74.9 Å². The summed E-state index contributed by atoms with van der Waals surface area (Å²) in [4.78, 5) is 6.70. The Bertz CT molecular complexity index is 595. The van der Waals surface area contributed by atoms with Crippen LogP contribution in [0.3, 0.4) is 0 Å².